The van der Waals surface area contributed by atoms with Gasteiger partial charge in [0.15, 0.2) is 5.54 Å². The fraction of sp³-hybridized carbons (Fsp3) is 0.714. The number of hydrogen-bond acceptors (Lipinski definition) is 3. The number of carboxylic acids is 1. The lowest BCUT2D eigenvalue weighted by Crippen LogP contribution is -2.51. The molecular formula is C21H33N3O2. The summed E-state index contributed by atoms with van der Waals surface area (Å²) in [5.41, 5.74) is 3.64. The molecule has 2 aliphatic rings. The van der Waals surface area contributed by atoms with Crippen LogP contribution in [0.3, 0.4) is 0 Å². The van der Waals surface area contributed by atoms with Crippen molar-refractivity contribution in [3.8, 4) is 0 Å². The molecule has 1 N–H and O–H groups in total. The zero-order valence-corrected chi connectivity index (χ0v) is 16.7. The van der Waals surface area contributed by atoms with Gasteiger partial charge in [-0.15, -0.1) is 0 Å². The monoisotopic (exact) mass is 359 g/mol. The molecule has 3 rings (SSSR count). The van der Waals surface area contributed by atoms with Crippen LogP contribution in [0.1, 0.15) is 64.9 Å². The Morgan fingerprint density at radius 2 is 1.92 bits per heavy atom. The van der Waals surface area contributed by atoms with Gasteiger partial charge < -0.3 is 10.0 Å². The fourth-order valence-electron chi connectivity index (χ4n) is 4.83. The molecule has 5 nitrogen and oxygen atoms in total. The van der Waals surface area contributed by atoms with E-state index in [1.54, 1.807) is 22.0 Å². The van der Waals surface area contributed by atoms with Crippen molar-refractivity contribution in [3.05, 3.63) is 29.1 Å². The first-order valence-corrected chi connectivity index (χ1v) is 9.91. The van der Waals surface area contributed by atoms with Crippen LogP contribution in [0.25, 0.3) is 0 Å². The molecule has 1 aliphatic heterocycles. The molecule has 144 valence electrons. The van der Waals surface area contributed by atoms with Gasteiger partial charge in [0.05, 0.1) is 6.20 Å². The third-order valence-corrected chi connectivity index (χ3v) is 6.60. The summed E-state index contributed by atoms with van der Waals surface area (Å²) in [6.07, 6.45) is 9.77. The molecule has 26 heavy (non-hydrogen) atoms. The smallest absolute Gasteiger partial charge is 0.331 e. The molecule has 0 amide bonds. The average molecular weight is 360 g/mol. The predicted molar refractivity (Wildman–Crippen MR) is 103 cm³/mol. The summed E-state index contributed by atoms with van der Waals surface area (Å²) in [5, 5.41) is 14.2. The lowest BCUT2D eigenvalue weighted by atomic mass is 9.71. The molecular weight excluding hydrogens is 326 g/mol. The number of piperidine rings is 1. The van der Waals surface area contributed by atoms with Crippen LogP contribution in [0, 0.1) is 12.3 Å². The summed E-state index contributed by atoms with van der Waals surface area (Å²) in [6, 6.07) is 0. The van der Waals surface area contributed by atoms with Crippen molar-refractivity contribution in [2.75, 3.05) is 19.6 Å². The minimum atomic E-state index is -0.885. The summed E-state index contributed by atoms with van der Waals surface area (Å²) in [5.74, 6) is -0.757. The van der Waals surface area contributed by atoms with Crippen molar-refractivity contribution in [1.29, 1.82) is 0 Å². The largest absolute Gasteiger partial charge is 0.479 e. The molecule has 0 atom stereocenters. The lowest BCUT2D eigenvalue weighted by Gasteiger charge is -2.40. The summed E-state index contributed by atoms with van der Waals surface area (Å²) in [6.45, 7) is 11.7. The van der Waals surface area contributed by atoms with E-state index in [-0.39, 0.29) is 0 Å². The summed E-state index contributed by atoms with van der Waals surface area (Å²) < 4.78 is 1.68. The molecule has 1 fully saturated rings. The molecule has 2 heterocycles. The van der Waals surface area contributed by atoms with Crippen LogP contribution in [0.5, 0.6) is 0 Å². The lowest BCUT2D eigenvalue weighted by molar-refractivity contribution is -0.151. The zero-order chi connectivity index (χ0) is 18.9. The second-order valence-electron chi connectivity index (χ2n) is 8.89. The SMILES string of the molecule is CC1=C(CCN2CCC(C(=O)O)(n3cc(C)cn3)CC2)C(C)(C)CCC1. The number of likely N-dealkylation sites (tertiary alicyclic amines) is 1. The fourth-order valence-corrected chi connectivity index (χ4v) is 4.83. The first-order chi connectivity index (χ1) is 12.2. The highest BCUT2D eigenvalue weighted by Gasteiger charge is 2.44. The topological polar surface area (TPSA) is 58.4 Å². The number of carboxylic acid groups (broad SMARTS) is 1. The molecule has 1 saturated heterocycles. The summed E-state index contributed by atoms with van der Waals surface area (Å²) in [7, 11) is 0. The Morgan fingerprint density at radius 1 is 1.23 bits per heavy atom. The quantitative estimate of drug-likeness (QED) is 0.808. The Balaban J connectivity index is 1.64. The third-order valence-electron chi connectivity index (χ3n) is 6.60. The first-order valence-electron chi connectivity index (χ1n) is 9.91. The predicted octanol–water partition coefficient (Wildman–Crippen LogP) is 3.98. The number of aryl methyl sites for hydroxylation is 1. The highest BCUT2D eigenvalue weighted by Crippen LogP contribution is 2.42. The number of rotatable bonds is 5. The Hall–Kier alpha value is -1.62. The second kappa shape index (κ2) is 7.18. The van der Waals surface area contributed by atoms with E-state index in [1.807, 2.05) is 13.1 Å². The van der Waals surface area contributed by atoms with Crippen LogP contribution < -0.4 is 0 Å². The molecule has 0 aromatic carbocycles. The van der Waals surface area contributed by atoms with Crippen LogP contribution in [-0.4, -0.2) is 45.4 Å². The number of aromatic nitrogens is 2. The highest BCUT2D eigenvalue weighted by molar-refractivity contribution is 5.76. The number of carbonyl (C=O) groups is 1. The van der Waals surface area contributed by atoms with E-state index in [4.69, 9.17) is 0 Å². The van der Waals surface area contributed by atoms with E-state index < -0.39 is 11.5 Å². The van der Waals surface area contributed by atoms with E-state index in [0.717, 1.165) is 31.6 Å². The van der Waals surface area contributed by atoms with E-state index in [0.29, 0.717) is 18.3 Å². The number of hydrogen-bond donors (Lipinski definition) is 1. The molecule has 0 bridgehead atoms. The van der Waals surface area contributed by atoms with Crippen LogP contribution in [0.2, 0.25) is 0 Å². The highest BCUT2D eigenvalue weighted by atomic mass is 16.4. The van der Waals surface area contributed by atoms with Crippen molar-refractivity contribution in [1.82, 2.24) is 14.7 Å². The number of nitrogens with zero attached hydrogens (tertiary/aromatic N) is 3. The van der Waals surface area contributed by atoms with Crippen molar-refractivity contribution < 1.29 is 9.90 Å². The first kappa shape index (κ1) is 19.2. The van der Waals surface area contributed by atoms with Crippen molar-refractivity contribution in [3.63, 3.8) is 0 Å². The zero-order valence-electron chi connectivity index (χ0n) is 16.7. The van der Waals surface area contributed by atoms with Gasteiger partial charge in [-0.25, -0.2) is 4.79 Å². The van der Waals surface area contributed by atoms with Gasteiger partial charge in [0.1, 0.15) is 0 Å². The molecule has 1 aliphatic carbocycles. The minimum Gasteiger partial charge on any atom is -0.479 e. The van der Waals surface area contributed by atoms with Gasteiger partial charge in [0.25, 0.3) is 0 Å². The number of allylic oxidation sites excluding steroid dienone is 1. The van der Waals surface area contributed by atoms with Crippen molar-refractivity contribution in [2.45, 2.75) is 71.8 Å². The maximum absolute atomic E-state index is 12.0. The Bertz CT molecular complexity index is 694. The summed E-state index contributed by atoms with van der Waals surface area (Å²) >= 11 is 0. The van der Waals surface area contributed by atoms with E-state index in [9.17, 15) is 9.90 Å². The molecule has 1 aromatic heterocycles. The number of aliphatic carboxylic acids is 1. The van der Waals surface area contributed by atoms with Gasteiger partial charge in [-0.05, 0) is 63.4 Å². The minimum absolute atomic E-state index is 0.315. The molecule has 1 aromatic rings. The summed E-state index contributed by atoms with van der Waals surface area (Å²) in [4.78, 5) is 14.5. The van der Waals surface area contributed by atoms with Crippen LogP contribution in [0.4, 0.5) is 0 Å². The third kappa shape index (κ3) is 3.59. The molecule has 0 spiro atoms. The second-order valence-corrected chi connectivity index (χ2v) is 8.89. The Labute approximate surface area is 157 Å². The molecule has 0 saturated carbocycles. The van der Waals surface area contributed by atoms with Crippen LogP contribution in [0.15, 0.2) is 23.5 Å². The average Bonchev–Trinajstić information content (AvgIpc) is 3.01. The Morgan fingerprint density at radius 3 is 2.46 bits per heavy atom. The van der Waals surface area contributed by atoms with Gasteiger partial charge >= 0.3 is 5.97 Å². The molecule has 0 radical (unpaired) electrons. The van der Waals surface area contributed by atoms with E-state index in [2.05, 4.69) is 30.8 Å². The standard InChI is InChI=1S/C21H33N3O2/c1-16-14-22-24(15-16)21(19(25)26)9-12-23(13-10-21)11-7-18-17(2)6-5-8-20(18,3)4/h14-15H,5-13H2,1-4H3,(H,25,26). The maximum atomic E-state index is 12.0. The van der Waals surface area contributed by atoms with Gasteiger partial charge in [0, 0.05) is 25.8 Å². The van der Waals surface area contributed by atoms with E-state index >= 15 is 0 Å². The van der Waals surface area contributed by atoms with Gasteiger partial charge in [-0.3, -0.25) is 4.68 Å². The van der Waals surface area contributed by atoms with Crippen molar-refractivity contribution in [2.24, 2.45) is 5.41 Å². The maximum Gasteiger partial charge on any atom is 0.331 e. The van der Waals surface area contributed by atoms with E-state index in [1.165, 1.54) is 19.3 Å². The molecule has 0 unspecified atom stereocenters. The van der Waals surface area contributed by atoms with Gasteiger partial charge in [-0.1, -0.05) is 25.0 Å². The van der Waals surface area contributed by atoms with Crippen molar-refractivity contribution >= 4 is 5.97 Å². The van der Waals surface area contributed by atoms with Crippen LogP contribution >= 0.6 is 0 Å². The molecule has 5 heteroatoms. The Kier molecular flexibility index (Phi) is 5.29. The van der Waals surface area contributed by atoms with Gasteiger partial charge in [-0.2, -0.15) is 5.10 Å². The van der Waals surface area contributed by atoms with Crippen LogP contribution in [-0.2, 0) is 10.3 Å². The normalized spacial score (nSPS) is 23.2. The van der Waals surface area contributed by atoms with Gasteiger partial charge in [0.2, 0.25) is 0 Å².